The van der Waals surface area contributed by atoms with Crippen molar-refractivity contribution < 1.29 is 9.90 Å². The zero-order valence-corrected chi connectivity index (χ0v) is 11.6. The molecular weight excluding hydrogens is 230 g/mol. The van der Waals surface area contributed by atoms with Gasteiger partial charge in [0, 0.05) is 20.3 Å². The quantitative estimate of drug-likeness (QED) is 0.848. The molecule has 0 aliphatic heterocycles. The zero-order valence-electron chi connectivity index (χ0n) is 11.6. The first-order valence-electron chi connectivity index (χ1n) is 5.88. The number of hydrogen-bond donors (Lipinski definition) is 2. The van der Waals surface area contributed by atoms with Crippen LogP contribution in [0.1, 0.15) is 31.1 Å². The molecule has 0 aliphatic carbocycles. The molecule has 0 fully saturated rings. The van der Waals surface area contributed by atoms with Crippen molar-refractivity contribution >= 4 is 11.7 Å². The van der Waals surface area contributed by atoms with Crippen LogP contribution in [0.15, 0.2) is 18.3 Å². The van der Waals surface area contributed by atoms with Crippen molar-refractivity contribution in [2.24, 2.45) is 0 Å². The number of hydrogen-bond acceptors (Lipinski definition) is 4. The van der Waals surface area contributed by atoms with Gasteiger partial charge >= 0.3 is 0 Å². The maximum Gasteiger partial charge on any atom is 0.254 e. The number of amides is 1. The Morgan fingerprint density at radius 3 is 2.44 bits per heavy atom. The maximum atomic E-state index is 11.7. The van der Waals surface area contributed by atoms with E-state index in [4.69, 9.17) is 0 Å². The Balaban J connectivity index is 2.81. The van der Waals surface area contributed by atoms with Crippen molar-refractivity contribution in [3.8, 4) is 0 Å². The van der Waals surface area contributed by atoms with Gasteiger partial charge in [0.15, 0.2) is 0 Å². The summed E-state index contributed by atoms with van der Waals surface area (Å²) in [6.45, 7) is 5.49. The van der Waals surface area contributed by atoms with Gasteiger partial charge in [0.2, 0.25) is 0 Å². The molecule has 0 aromatic carbocycles. The molecule has 1 amide bonds. The van der Waals surface area contributed by atoms with E-state index in [1.165, 1.54) is 11.1 Å². The zero-order chi connectivity index (χ0) is 13.9. The van der Waals surface area contributed by atoms with Crippen LogP contribution >= 0.6 is 0 Å². The first-order valence-corrected chi connectivity index (χ1v) is 5.88. The molecule has 0 aliphatic rings. The molecule has 5 heteroatoms. The lowest BCUT2D eigenvalue weighted by Gasteiger charge is -2.29. The number of carbonyl (C=O) groups excluding carboxylic acids is 1. The summed E-state index contributed by atoms with van der Waals surface area (Å²) in [5.41, 5.74) is 0.0699. The fraction of sp³-hybridized carbons (Fsp3) is 0.538. The summed E-state index contributed by atoms with van der Waals surface area (Å²) in [5, 5.41) is 12.7. The minimum absolute atomic E-state index is 0.0798. The fourth-order valence-electron chi connectivity index (χ4n) is 1.29. The van der Waals surface area contributed by atoms with Crippen LogP contribution in [0.5, 0.6) is 0 Å². The number of anilines is 1. The number of rotatable bonds is 4. The minimum atomic E-state index is -0.512. The van der Waals surface area contributed by atoms with E-state index in [0.717, 1.165) is 0 Å². The van der Waals surface area contributed by atoms with E-state index in [2.05, 4.69) is 10.3 Å². The Morgan fingerprint density at radius 2 is 2.06 bits per heavy atom. The number of aromatic nitrogens is 1. The number of nitrogens with one attached hydrogen (secondary N) is 1. The minimum Gasteiger partial charge on any atom is -0.391 e. The summed E-state index contributed by atoms with van der Waals surface area (Å²) < 4.78 is 0. The lowest BCUT2D eigenvalue weighted by molar-refractivity contribution is 0.0827. The first kappa shape index (κ1) is 14.4. The summed E-state index contributed by atoms with van der Waals surface area (Å²) in [4.78, 5) is 17.4. The number of pyridine rings is 1. The average molecular weight is 251 g/mol. The molecular formula is C13H21N3O2. The molecule has 0 radical (unpaired) electrons. The van der Waals surface area contributed by atoms with Crippen LogP contribution in [0, 0.1) is 0 Å². The molecule has 2 N–H and O–H groups in total. The van der Waals surface area contributed by atoms with Crippen molar-refractivity contribution in [2.75, 3.05) is 19.4 Å². The molecule has 1 rings (SSSR count). The molecule has 1 aromatic heterocycles. The van der Waals surface area contributed by atoms with Crippen molar-refractivity contribution in [3.05, 3.63) is 23.9 Å². The van der Waals surface area contributed by atoms with E-state index in [1.807, 2.05) is 13.8 Å². The normalized spacial score (nSPS) is 13.0. The van der Waals surface area contributed by atoms with Gasteiger partial charge in [0.05, 0.1) is 17.2 Å². The first-order chi connectivity index (χ1) is 8.24. The van der Waals surface area contributed by atoms with Gasteiger partial charge in [-0.2, -0.15) is 0 Å². The van der Waals surface area contributed by atoms with Crippen LogP contribution in [0.3, 0.4) is 0 Å². The molecule has 18 heavy (non-hydrogen) atoms. The molecule has 1 atom stereocenters. The molecule has 0 saturated heterocycles. The van der Waals surface area contributed by atoms with Crippen LogP contribution in [-0.2, 0) is 0 Å². The van der Waals surface area contributed by atoms with Gasteiger partial charge in [0.25, 0.3) is 5.91 Å². The summed E-state index contributed by atoms with van der Waals surface area (Å²) in [5.74, 6) is 0.556. The highest BCUT2D eigenvalue weighted by molar-refractivity contribution is 5.93. The van der Waals surface area contributed by atoms with Gasteiger partial charge in [-0.15, -0.1) is 0 Å². The van der Waals surface area contributed by atoms with Crippen LogP contribution in [-0.4, -0.2) is 46.6 Å². The topological polar surface area (TPSA) is 65.5 Å². The van der Waals surface area contributed by atoms with Crippen molar-refractivity contribution in [1.82, 2.24) is 9.88 Å². The number of carbonyl (C=O) groups is 1. The summed E-state index contributed by atoms with van der Waals surface area (Å²) >= 11 is 0. The van der Waals surface area contributed by atoms with Crippen molar-refractivity contribution in [2.45, 2.75) is 32.4 Å². The largest absolute Gasteiger partial charge is 0.391 e. The fourth-order valence-corrected chi connectivity index (χ4v) is 1.29. The van der Waals surface area contributed by atoms with Crippen LogP contribution in [0.2, 0.25) is 0 Å². The molecule has 100 valence electrons. The Hall–Kier alpha value is -1.62. The van der Waals surface area contributed by atoms with Gasteiger partial charge in [-0.3, -0.25) is 4.79 Å². The second-order valence-electron chi connectivity index (χ2n) is 5.15. The lowest BCUT2D eigenvalue weighted by Crippen LogP contribution is -2.42. The third-order valence-electron chi connectivity index (χ3n) is 2.91. The Kier molecular flexibility index (Phi) is 4.29. The average Bonchev–Trinajstić information content (AvgIpc) is 2.28. The van der Waals surface area contributed by atoms with E-state index in [-0.39, 0.29) is 5.91 Å². The molecule has 0 bridgehead atoms. The smallest absolute Gasteiger partial charge is 0.254 e. The van der Waals surface area contributed by atoms with Gasteiger partial charge in [0.1, 0.15) is 5.82 Å². The molecule has 1 aromatic rings. The number of aliphatic hydroxyl groups is 1. The summed E-state index contributed by atoms with van der Waals surface area (Å²) in [6, 6.07) is 3.46. The standard InChI is InChI=1S/C13H21N3O2/c1-9(17)13(2,3)15-11-7-6-10(8-14-11)12(18)16(4)5/h6-9,17H,1-5H3,(H,14,15). The monoisotopic (exact) mass is 251 g/mol. The second-order valence-corrected chi connectivity index (χ2v) is 5.15. The predicted molar refractivity (Wildman–Crippen MR) is 71.6 cm³/mol. The predicted octanol–water partition coefficient (Wildman–Crippen LogP) is 1.35. The molecule has 1 heterocycles. The van der Waals surface area contributed by atoms with E-state index in [1.54, 1.807) is 33.2 Å². The SMILES string of the molecule is CC(O)C(C)(C)Nc1ccc(C(=O)N(C)C)cn1. The highest BCUT2D eigenvalue weighted by Gasteiger charge is 2.24. The molecule has 1 unspecified atom stereocenters. The van der Waals surface area contributed by atoms with Crippen LogP contribution in [0.25, 0.3) is 0 Å². The van der Waals surface area contributed by atoms with E-state index in [9.17, 15) is 9.90 Å². The molecule has 0 spiro atoms. The van der Waals surface area contributed by atoms with Crippen molar-refractivity contribution in [3.63, 3.8) is 0 Å². The van der Waals surface area contributed by atoms with Gasteiger partial charge in [-0.25, -0.2) is 4.98 Å². The molecule has 0 saturated carbocycles. The van der Waals surface area contributed by atoms with Crippen molar-refractivity contribution in [1.29, 1.82) is 0 Å². The summed E-state index contributed by atoms with van der Waals surface area (Å²) in [7, 11) is 3.40. The highest BCUT2D eigenvalue weighted by Crippen LogP contribution is 2.16. The van der Waals surface area contributed by atoms with Gasteiger partial charge in [-0.1, -0.05) is 0 Å². The van der Waals surface area contributed by atoms with Gasteiger partial charge < -0.3 is 15.3 Å². The van der Waals surface area contributed by atoms with Crippen LogP contribution < -0.4 is 5.32 Å². The Bertz CT molecular complexity index is 411. The summed E-state index contributed by atoms with van der Waals surface area (Å²) in [6.07, 6.45) is 1.02. The Labute approximate surface area is 108 Å². The number of nitrogens with zero attached hydrogens (tertiary/aromatic N) is 2. The second kappa shape index (κ2) is 5.35. The van der Waals surface area contributed by atoms with E-state index in [0.29, 0.717) is 11.4 Å². The highest BCUT2D eigenvalue weighted by atomic mass is 16.3. The van der Waals surface area contributed by atoms with Crippen LogP contribution in [0.4, 0.5) is 5.82 Å². The molecule has 5 nitrogen and oxygen atoms in total. The maximum absolute atomic E-state index is 11.7. The third-order valence-corrected chi connectivity index (χ3v) is 2.91. The van der Waals surface area contributed by atoms with E-state index < -0.39 is 11.6 Å². The number of aliphatic hydroxyl groups excluding tert-OH is 1. The Morgan fingerprint density at radius 1 is 1.44 bits per heavy atom. The third kappa shape index (κ3) is 3.43. The van der Waals surface area contributed by atoms with Gasteiger partial charge in [-0.05, 0) is 32.9 Å². The lowest BCUT2D eigenvalue weighted by atomic mass is 9.99. The van der Waals surface area contributed by atoms with E-state index >= 15 is 0 Å².